The number of hydrogen-bond donors (Lipinski definition) is 1. The van der Waals surface area contributed by atoms with Crippen LogP contribution in [0.25, 0.3) is 28.6 Å². The van der Waals surface area contributed by atoms with Gasteiger partial charge in [0.1, 0.15) is 12.0 Å². The summed E-state index contributed by atoms with van der Waals surface area (Å²) >= 11 is 0. The maximum Gasteiger partial charge on any atom is 0.165 e. The number of rotatable bonds is 3. The highest BCUT2D eigenvalue weighted by Gasteiger charge is 2.18. The molecule has 0 fully saturated rings. The van der Waals surface area contributed by atoms with E-state index in [9.17, 15) is 0 Å². The molecule has 8 nitrogen and oxygen atoms in total. The summed E-state index contributed by atoms with van der Waals surface area (Å²) in [5.41, 5.74) is 5.32. The third kappa shape index (κ3) is 2.57. The molecule has 4 aromatic rings. The van der Waals surface area contributed by atoms with Crippen LogP contribution in [-0.4, -0.2) is 40.6 Å². The molecule has 27 heavy (non-hydrogen) atoms. The standard InChI is InChI=1S/C19H20N8/c1-13-15(18-23-22-12-25(18)2)4-3-5-17(13)26-8-7-21-19(26)16-10-14-11-20-6-9-27(14)24-16/h3-5,7-8,10,12,20H,6,9,11H2,1-2H3. The predicted molar refractivity (Wildman–Crippen MR) is 101 cm³/mol. The first-order valence-electron chi connectivity index (χ1n) is 8.98. The number of imidazole rings is 1. The summed E-state index contributed by atoms with van der Waals surface area (Å²) in [6.07, 6.45) is 5.52. The molecule has 4 heterocycles. The number of nitrogens with one attached hydrogen (secondary N) is 1. The van der Waals surface area contributed by atoms with Crippen LogP contribution in [0.1, 0.15) is 11.3 Å². The molecule has 0 unspecified atom stereocenters. The number of aromatic nitrogens is 7. The summed E-state index contributed by atoms with van der Waals surface area (Å²) in [4.78, 5) is 4.59. The summed E-state index contributed by atoms with van der Waals surface area (Å²) in [5.74, 6) is 1.69. The van der Waals surface area contributed by atoms with Crippen LogP contribution < -0.4 is 5.32 Å². The van der Waals surface area contributed by atoms with Crippen molar-refractivity contribution in [2.24, 2.45) is 7.05 Å². The van der Waals surface area contributed by atoms with E-state index in [0.717, 1.165) is 53.8 Å². The van der Waals surface area contributed by atoms with Crippen molar-refractivity contribution >= 4 is 0 Å². The minimum absolute atomic E-state index is 0.842. The molecule has 3 aromatic heterocycles. The molecule has 1 N–H and O–H groups in total. The van der Waals surface area contributed by atoms with Gasteiger partial charge in [0.05, 0.1) is 17.9 Å². The Morgan fingerprint density at radius 3 is 2.93 bits per heavy atom. The van der Waals surface area contributed by atoms with Crippen molar-refractivity contribution in [2.75, 3.05) is 6.54 Å². The Bertz CT molecular complexity index is 1090. The first-order valence-corrected chi connectivity index (χ1v) is 8.98. The van der Waals surface area contributed by atoms with Crippen molar-refractivity contribution in [1.29, 1.82) is 0 Å². The highest BCUT2D eigenvalue weighted by Crippen LogP contribution is 2.29. The van der Waals surface area contributed by atoms with Gasteiger partial charge in [0, 0.05) is 38.1 Å². The molecule has 1 aromatic carbocycles. The second-order valence-corrected chi connectivity index (χ2v) is 6.76. The molecule has 0 saturated heterocycles. The summed E-state index contributed by atoms with van der Waals surface area (Å²) in [7, 11) is 1.95. The van der Waals surface area contributed by atoms with Gasteiger partial charge in [-0.15, -0.1) is 10.2 Å². The fourth-order valence-corrected chi connectivity index (χ4v) is 3.64. The molecule has 136 valence electrons. The van der Waals surface area contributed by atoms with Crippen LogP contribution >= 0.6 is 0 Å². The lowest BCUT2D eigenvalue weighted by molar-refractivity contribution is 0.476. The smallest absolute Gasteiger partial charge is 0.165 e. The largest absolute Gasteiger partial charge is 0.317 e. The average molecular weight is 360 g/mol. The second-order valence-electron chi connectivity index (χ2n) is 6.76. The maximum atomic E-state index is 4.76. The molecule has 0 bridgehead atoms. The Labute approximate surface area is 156 Å². The minimum Gasteiger partial charge on any atom is -0.317 e. The third-order valence-electron chi connectivity index (χ3n) is 5.06. The van der Waals surface area contributed by atoms with Gasteiger partial charge in [0.15, 0.2) is 11.6 Å². The van der Waals surface area contributed by atoms with Crippen LogP contribution in [0, 0.1) is 6.92 Å². The average Bonchev–Trinajstić information content (AvgIpc) is 3.40. The number of fused-ring (bicyclic) bond motifs is 1. The van der Waals surface area contributed by atoms with Gasteiger partial charge in [0.2, 0.25) is 0 Å². The third-order valence-corrected chi connectivity index (χ3v) is 5.06. The van der Waals surface area contributed by atoms with Crippen molar-refractivity contribution in [1.82, 2.24) is 39.4 Å². The number of aryl methyl sites for hydroxylation is 1. The fraction of sp³-hybridized carbons (Fsp3) is 0.263. The monoisotopic (exact) mass is 360 g/mol. The Hall–Kier alpha value is -3.26. The van der Waals surface area contributed by atoms with Gasteiger partial charge >= 0.3 is 0 Å². The van der Waals surface area contributed by atoms with E-state index in [1.165, 1.54) is 5.69 Å². The van der Waals surface area contributed by atoms with Crippen molar-refractivity contribution in [2.45, 2.75) is 20.0 Å². The fourth-order valence-electron chi connectivity index (χ4n) is 3.64. The topological polar surface area (TPSA) is 78.4 Å². The quantitative estimate of drug-likeness (QED) is 0.604. The van der Waals surface area contributed by atoms with Crippen LogP contribution in [0.2, 0.25) is 0 Å². The second kappa shape index (κ2) is 6.17. The van der Waals surface area contributed by atoms with E-state index in [-0.39, 0.29) is 0 Å². The number of benzene rings is 1. The van der Waals surface area contributed by atoms with E-state index in [4.69, 9.17) is 5.10 Å². The van der Waals surface area contributed by atoms with Gasteiger partial charge in [0.25, 0.3) is 0 Å². The molecule has 1 aliphatic rings. The lowest BCUT2D eigenvalue weighted by Gasteiger charge is -2.14. The van der Waals surface area contributed by atoms with Crippen LogP contribution in [0.15, 0.2) is 43.0 Å². The SMILES string of the molecule is Cc1c(-c2nncn2C)cccc1-n1ccnc1-c1cc2n(n1)CCNC2. The molecule has 0 radical (unpaired) electrons. The first-order chi connectivity index (χ1) is 13.2. The maximum absolute atomic E-state index is 4.76. The van der Waals surface area contributed by atoms with Crippen LogP contribution in [0.5, 0.6) is 0 Å². The highest BCUT2D eigenvalue weighted by molar-refractivity contribution is 5.67. The van der Waals surface area contributed by atoms with E-state index in [2.05, 4.69) is 54.9 Å². The van der Waals surface area contributed by atoms with Crippen molar-refractivity contribution < 1.29 is 0 Å². The Balaban J connectivity index is 1.62. The molecular weight excluding hydrogens is 340 g/mol. The van der Waals surface area contributed by atoms with Gasteiger partial charge < -0.3 is 9.88 Å². The highest BCUT2D eigenvalue weighted by atomic mass is 15.3. The van der Waals surface area contributed by atoms with E-state index in [1.807, 2.05) is 30.1 Å². The number of hydrogen-bond acceptors (Lipinski definition) is 5. The van der Waals surface area contributed by atoms with Crippen LogP contribution in [-0.2, 0) is 20.1 Å². The summed E-state index contributed by atoms with van der Waals surface area (Å²) in [5, 5.41) is 16.4. The van der Waals surface area contributed by atoms with E-state index < -0.39 is 0 Å². The zero-order valence-corrected chi connectivity index (χ0v) is 15.3. The Morgan fingerprint density at radius 1 is 1.19 bits per heavy atom. The molecule has 0 atom stereocenters. The van der Waals surface area contributed by atoms with Gasteiger partial charge in [-0.2, -0.15) is 5.10 Å². The van der Waals surface area contributed by atoms with Gasteiger partial charge in [-0.3, -0.25) is 9.25 Å². The Morgan fingerprint density at radius 2 is 2.11 bits per heavy atom. The van der Waals surface area contributed by atoms with E-state index >= 15 is 0 Å². The minimum atomic E-state index is 0.842. The lowest BCUT2D eigenvalue weighted by Crippen LogP contribution is -2.28. The van der Waals surface area contributed by atoms with E-state index in [0.29, 0.717) is 0 Å². The predicted octanol–water partition coefficient (Wildman–Crippen LogP) is 1.94. The molecule has 0 amide bonds. The van der Waals surface area contributed by atoms with Crippen molar-refractivity contribution in [3.05, 3.63) is 54.2 Å². The summed E-state index contributed by atoms with van der Waals surface area (Å²) < 4.78 is 6.09. The summed E-state index contributed by atoms with van der Waals surface area (Å²) in [6, 6.07) is 8.32. The van der Waals surface area contributed by atoms with Gasteiger partial charge in [-0.1, -0.05) is 12.1 Å². The molecule has 0 saturated carbocycles. The molecule has 0 spiro atoms. The van der Waals surface area contributed by atoms with Crippen molar-refractivity contribution in [3.8, 4) is 28.6 Å². The lowest BCUT2D eigenvalue weighted by atomic mass is 10.1. The molecule has 5 rings (SSSR count). The zero-order valence-electron chi connectivity index (χ0n) is 15.3. The molecule has 0 aliphatic carbocycles. The molecular formula is C19H20N8. The van der Waals surface area contributed by atoms with Gasteiger partial charge in [-0.25, -0.2) is 4.98 Å². The Kier molecular flexibility index (Phi) is 3.64. The molecule has 1 aliphatic heterocycles. The van der Waals surface area contributed by atoms with Gasteiger partial charge in [-0.05, 0) is 24.6 Å². The van der Waals surface area contributed by atoms with Crippen molar-refractivity contribution in [3.63, 3.8) is 0 Å². The summed E-state index contributed by atoms with van der Waals surface area (Å²) in [6.45, 7) is 4.78. The van der Waals surface area contributed by atoms with Crippen LogP contribution in [0.3, 0.4) is 0 Å². The normalized spacial score (nSPS) is 13.7. The molecule has 8 heteroatoms. The zero-order chi connectivity index (χ0) is 18.4. The van der Waals surface area contributed by atoms with E-state index in [1.54, 1.807) is 6.33 Å². The van der Waals surface area contributed by atoms with Crippen LogP contribution in [0.4, 0.5) is 0 Å². The first kappa shape index (κ1) is 16.0. The number of nitrogens with zero attached hydrogens (tertiary/aromatic N) is 7.